The number of carbonyl (C=O) groups is 1. The van der Waals surface area contributed by atoms with Crippen LogP contribution in [-0.4, -0.2) is 42.6 Å². The first-order valence-corrected chi connectivity index (χ1v) is 8.41. The molecule has 0 fully saturated rings. The van der Waals surface area contributed by atoms with Crippen LogP contribution < -0.4 is 4.74 Å². The number of benzene rings is 1. The first-order chi connectivity index (χ1) is 10.8. The molecule has 0 radical (unpaired) electrons. The Hall–Kier alpha value is -1.85. The molecule has 2 aromatic rings. The van der Waals surface area contributed by atoms with Crippen molar-refractivity contribution in [2.45, 2.75) is 0 Å². The van der Waals surface area contributed by atoms with Gasteiger partial charge < -0.3 is 9.47 Å². The van der Waals surface area contributed by atoms with Gasteiger partial charge in [-0.15, -0.1) is 0 Å². The SMILES string of the molecule is CSCC(=O)COCCOc1ccc(-c2ccccc2)nc1. The van der Waals surface area contributed by atoms with Gasteiger partial charge in [0, 0.05) is 5.56 Å². The zero-order valence-electron chi connectivity index (χ0n) is 12.5. The summed E-state index contributed by atoms with van der Waals surface area (Å²) < 4.78 is 10.8. The zero-order valence-corrected chi connectivity index (χ0v) is 13.3. The van der Waals surface area contributed by atoms with Crippen LogP contribution in [0.2, 0.25) is 0 Å². The number of hydrogen-bond acceptors (Lipinski definition) is 5. The van der Waals surface area contributed by atoms with Gasteiger partial charge in [0.15, 0.2) is 5.78 Å². The quantitative estimate of drug-likeness (QED) is 0.665. The highest BCUT2D eigenvalue weighted by molar-refractivity contribution is 7.99. The number of thioether (sulfide) groups is 1. The van der Waals surface area contributed by atoms with Gasteiger partial charge in [0.05, 0.1) is 24.3 Å². The minimum atomic E-state index is 0.0985. The van der Waals surface area contributed by atoms with Crippen molar-refractivity contribution in [1.29, 1.82) is 0 Å². The summed E-state index contributed by atoms with van der Waals surface area (Å²) in [6.07, 6.45) is 3.59. The van der Waals surface area contributed by atoms with Crippen molar-refractivity contribution in [3.63, 3.8) is 0 Å². The highest BCUT2D eigenvalue weighted by Gasteiger charge is 2.02. The summed E-state index contributed by atoms with van der Waals surface area (Å²) in [4.78, 5) is 15.6. The van der Waals surface area contributed by atoms with Crippen LogP contribution in [0.25, 0.3) is 11.3 Å². The molecule has 1 aromatic heterocycles. The summed E-state index contributed by atoms with van der Waals surface area (Å²) in [7, 11) is 0. The lowest BCUT2D eigenvalue weighted by molar-refractivity contribution is -0.121. The van der Waals surface area contributed by atoms with Gasteiger partial charge in [0.2, 0.25) is 0 Å². The lowest BCUT2D eigenvalue weighted by Gasteiger charge is -2.07. The van der Waals surface area contributed by atoms with Crippen molar-refractivity contribution >= 4 is 17.5 Å². The van der Waals surface area contributed by atoms with E-state index in [9.17, 15) is 4.79 Å². The number of pyridine rings is 1. The first-order valence-electron chi connectivity index (χ1n) is 7.02. The molecule has 0 saturated heterocycles. The van der Waals surface area contributed by atoms with E-state index in [0.29, 0.717) is 24.7 Å². The summed E-state index contributed by atoms with van der Waals surface area (Å²) >= 11 is 1.50. The van der Waals surface area contributed by atoms with Gasteiger partial charge in [-0.25, -0.2) is 0 Å². The third kappa shape index (κ3) is 5.50. The Labute approximate surface area is 134 Å². The van der Waals surface area contributed by atoms with Crippen LogP contribution in [0.15, 0.2) is 48.7 Å². The van der Waals surface area contributed by atoms with Crippen LogP contribution in [-0.2, 0) is 9.53 Å². The van der Waals surface area contributed by atoms with Crippen molar-refractivity contribution in [3.05, 3.63) is 48.7 Å². The average Bonchev–Trinajstić information content (AvgIpc) is 2.56. The number of ether oxygens (including phenoxy) is 2. The third-order valence-electron chi connectivity index (χ3n) is 2.87. The summed E-state index contributed by atoms with van der Waals surface area (Å²) in [6, 6.07) is 13.8. The molecule has 0 aliphatic carbocycles. The minimum absolute atomic E-state index is 0.0985. The fourth-order valence-corrected chi connectivity index (χ4v) is 2.26. The molecule has 0 bridgehead atoms. The molecule has 5 heteroatoms. The Morgan fingerprint density at radius 2 is 1.95 bits per heavy atom. The van der Waals surface area contributed by atoms with Crippen LogP contribution in [0, 0.1) is 0 Å². The Balaban J connectivity index is 1.72. The van der Waals surface area contributed by atoms with Crippen molar-refractivity contribution < 1.29 is 14.3 Å². The van der Waals surface area contributed by atoms with E-state index in [-0.39, 0.29) is 12.4 Å². The Morgan fingerprint density at radius 3 is 2.64 bits per heavy atom. The van der Waals surface area contributed by atoms with E-state index in [1.165, 1.54) is 11.8 Å². The molecule has 0 aliphatic rings. The van der Waals surface area contributed by atoms with Crippen LogP contribution in [0.4, 0.5) is 0 Å². The highest BCUT2D eigenvalue weighted by Crippen LogP contribution is 2.18. The molecule has 0 spiro atoms. The fraction of sp³-hybridized carbons (Fsp3) is 0.294. The molecule has 22 heavy (non-hydrogen) atoms. The number of carbonyl (C=O) groups excluding carboxylic acids is 1. The summed E-state index contributed by atoms with van der Waals surface area (Å²) in [6.45, 7) is 0.939. The predicted octanol–water partition coefficient (Wildman–Crippen LogP) is 3.08. The van der Waals surface area contributed by atoms with Gasteiger partial charge in [-0.2, -0.15) is 11.8 Å². The Morgan fingerprint density at radius 1 is 1.14 bits per heavy atom. The van der Waals surface area contributed by atoms with E-state index in [1.807, 2.05) is 48.7 Å². The molecule has 1 heterocycles. The van der Waals surface area contributed by atoms with E-state index >= 15 is 0 Å². The second kappa shape index (κ2) is 9.23. The summed E-state index contributed by atoms with van der Waals surface area (Å²) in [5.41, 5.74) is 1.98. The molecular formula is C17H19NO3S. The van der Waals surface area contributed by atoms with E-state index in [0.717, 1.165) is 11.3 Å². The van der Waals surface area contributed by atoms with E-state index < -0.39 is 0 Å². The van der Waals surface area contributed by atoms with Crippen molar-refractivity contribution in [2.24, 2.45) is 0 Å². The van der Waals surface area contributed by atoms with Gasteiger partial charge >= 0.3 is 0 Å². The molecule has 2 rings (SSSR count). The topological polar surface area (TPSA) is 48.4 Å². The molecule has 0 unspecified atom stereocenters. The average molecular weight is 317 g/mol. The second-order valence-electron chi connectivity index (χ2n) is 4.62. The Bertz CT molecular complexity index is 572. The second-order valence-corrected chi connectivity index (χ2v) is 5.48. The molecule has 0 saturated carbocycles. The molecule has 0 amide bonds. The Kier molecular flexibility index (Phi) is 6.93. The normalized spacial score (nSPS) is 10.4. The van der Waals surface area contributed by atoms with E-state index in [1.54, 1.807) is 6.20 Å². The third-order valence-corrected chi connectivity index (χ3v) is 3.48. The van der Waals surface area contributed by atoms with Crippen LogP contribution in [0.5, 0.6) is 5.75 Å². The van der Waals surface area contributed by atoms with Gasteiger partial charge in [-0.3, -0.25) is 9.78 Å². The largest absolute Gasteiger partial charge is 0.490 e. The lowest BCUT2D eigenvalue weighted by atomic mass is 10.1. The maximum atomic E-state index is 11.3. The zero-order chi connectivity index (χ0) is 15.6. The maximum absolute atomic E-state index is 11.3. The number of ketones is 1. The molecule has 0 atom stereocenters. The van der Waals surface area contributed by atoms with Gasteiger partial charge in [0.1, 0.15) is 19.0 Å². The van der Waals surface area contributed by atoms with E-state index in [2.05, 4.69) is 4.98 Å². The molecule has 4 nitrogen and oxygen atoms in total. The maximum Gasteiger partial charge on any atom is 0.168 e. The highest BCUT2D eigenvalue weighted by atomic mass is 32.2. The molecular weight excluding hydrogens is 298 g/mol. The van der Waals surface area contributed by atoms with Gasteiger partial charge in [0.25, 0.3) is 0 Å². The number of hydrogen-bond donors (Lipinski definition) is 0. The van der Waals surface area contributed by atoms with Crippen molar-refractivity contribution in [3.8, 4) is 17.0 Å². The first kappa shape index (κ1) is 16.5. The standard InChI is InChI=1S/C17H19NO3S/c1-22-13-15(19)12-20-9-10-21-16-7-8-17(18-11-16)14-5-3-2-4-6-14/h2-8,11H,9-10,12-13H2,1H3. The van der Waals surface area contributed by atoms with Crippen LogP contribution in [0.3, 0.4) is 0 Å². The van der Waals surface area contributed by atoms with E-state index in [4.69, 9.17) is 9.47 Å². The van der Waals surface area contributed by atoms with Crippen molar-refractivity contribution in [2.75, 3.05) is 31.8 Å². The van der Waals surface area contributed by atoms with Crippen LogP contribution in [0.1, 0.15) is 0 Å². The molecule has 0 N–H and O–H groups in total. The summed E-state index contributed by atoms with van der Waals surface area (Å²) in [5, 5.41) is 0. The number of aromatic nitrogens is 1. The fourth-order valence-electron chi connectivity index (χ4n) is 1.85. The lowest BCUT2D eigenvalue weighted by Crippen LogP contribution is -2.14. The number of nitrogens with zero attached hydrogens (tertiary/aromatic N) is 1. The van der Waals surface area contributed by atoms with Crippen molar-refractivity contribution in [1.82, 2.24) is 4.98 Å². The number of Topliss-reactive ketones (excluding diaryl/α,β-unsaturated/α-hetero) is 1. The van der Waals surface area contributed by atoms with Gasteiger partial charge in [-0.05, 0) is 18.4 Å². The predicted molar refractivity (Wildman–Crippen MR) is 89.4 cm³/mol. The molecule has 116 valence electrons. The molecule has 1 aromatic carbocycles. The van der Waals surface area contributed by atoms with Gasteiger partial charge in [-0.1, -0.05) is 30.3 Å². The number of rotatable bonds is 9. The van der Waals surface area contributed by atoms with Crippen LogP contribution >= 0.6 is 11.8 Å². The minimum Gasteiger partial charge on any atom is -0.490 e. The monoisotopic (exact) mass is 317 g/mol. The summed E-state index contributed by atoms with van der Waals surface area (Å²) in [5.74, 6) is 1.28. The smallest absolute Gasteiger partial charge is 0.168 e. The molecule has 0 aliphatic heterocycles.